The largest absolute Gasteiger partial charge is 0.305 e. The summed E-state index contributed by atoms with van der Waals surface area (Å²) in [6.45, 7) is 1.21. The Morgan fingerprint density at radius 1 is 1.27 bits per heavy atom. The minimum atomic E-state index is -0.974. The van der Waals surface area contributed by atoms with Crippen LogP contribution in [0.2, 0.25) is 0 Å². The van der Waals surface area contributed by atoms with E-state index in [1.165, 1.54) is 6.92 Å². The molecule has 0 rings (SSSR count). The van der Waals surface area contributed by atoms with E-state index in [-0.39, 0.29) is 13.1 Å². The molecular weight excluding hydrogens is 150 g/mol. The maximum absolute atomic E-state index is 9.83. The molecule has 11 heavy (non-hydrogen) atoms. The predicted octanol–water partition coefficient (Wildman–Crippen LogP) is 0.604. The van der Waals surface area contributed by atoms with Crippen molar-refractivity contribution in [1.82, 2.24) is 0 Å². The third kappa shape index (κ3) is 3.33. The molecule has 0 heterocycles. The van der Waals surface area contributed by atoms with Crippen molar-refractivity contribution in [2.75, 3.05) is 13.1 Å². The summed E-state index contributed by atoms with van der Waals surface area (Å²) in [5.74, 6) is 4.75. The second-order valence-electron chi connectivity index (χ2n) is 2.29. The molecule has 0 aliphatic heterocycles. The van der Waals surface area contributed by atoms with Crippen LogP contribution >= 0.6 is 0 Å². The van der Waals surface area contributed by atoms with Crippen LogP contribution in [0, 0.1) is 9.81 Å². The lowest BCUT2D eigenvalue weighted by atomic mass is 10.1. The van der Waals surface area contributed by atoms with Gasteiger partial charge in [-0.2, -0.15) is 14.9 Å². The molecule has 0 saturated heterocycles. The van der Waals surface area contributed by atoms with Gasteiger partial charge in [0.15, 0.2) is 0 Å². The Kier molecular flexibility index (Phi) is 3.86. The number of nitrogens with zero attached hydrogens (tertiary/aromatic N) is 4. The summed E-state index contributed by atoms with van der Waals surface area (Å²) >= 11 is 0. The van der Waals surface area contributed by atoms with Crippen molar-refractivity contribution in [1.29, 1.82) is 0 Å². The second kappa shape index (κ2) is 4.42. The van der Waals surface area contributed by atoms with Gasteiger partial charge in [0.2, 0.25) is 0 Å². The zero-order valence-electron chi connectivity index (χ0n) is 6.10. The Hall–Kier alpha value is -1.40. The lowest BCUT2D eigenvalue weighted by Crippen LogP contribution is -2.29. The van der Waals surface area contributed by atoms with Crippen LogP contribution in [0.25, 0.3) is 0 Å². The van der Waals surface area contributed by atoms with Gasteiger partial charge in [0.25, 0.3) is 0 Å². The van der Waals surface area contributed by atoms with Crippen LogP contribution in [0.15, 0.2) is 20.7 Å². The summed E-state index contributed by atoms with van der Waals surface area (Å²) in [5, 5.41) is 11.6. The molecule has 0 aromatic carbocycles. The Morgan fingerprint density at radius 3 is 2.00 bits per heavy atom. The first-order chi connectivity index (χ1) is 5.18. The average molecular weight is 159 g/mol. The zero-order chi connectivity index (χ0) is 8.74. The maximum Gasteiger partial charge on any atom is 0.127 e. The van der Waals surface area contributed by atoms with Crippen LogP contribution in [0.3, 0.4) is 0 Å². The fourth-order valence-electron chi connectivity index (χ4n) is 0.531. The summed E-state index contributed by atoms with van der Waals surface area (Å²) in [7, 11) is 0. The molecule has 0 radical (unpaired) electrons. The molecule has 0 aromatic rings. The molecule has 62 valence electrons. The molecule has 7 nitrogen and oxygen atoms in total. The number of hydrogen-bond donors (Lipinski definition) is 1. The second-order valence-corrected chi connectivity index (χ2v) is 2.29. The van der Waals surface area contributed by atoms with E-state index in [2.05, 4.69) is 20.7 Å². The molecule has 2 N–H and O–H groups in total. The molecule has 0 amide bonds. The highest BCUT2D eigenvalue weighted by Crippen LogP contribution is 2.11. The van der Waals surface area contributed by atoms with Crippen LogP contribution in [0.5, 0.6) is 0 Å². The zero-order valence-corrected chi connectivity index (χ0v) is 6.10. The lowest BCUT2D eigenvalue weighted by Gasteiger charge is -2.14. The minimum absolute atomic E-state index is 0.153. The number of nitrogens with two attached hydrogens (primary N) is 1. The van der Waals surface area contributed by atoms with Gasteiger partial charge in [0, 0.05) is 0 Å². The Bertz CT molecular complexity index is 158. The van der Waals surface area contributed by atoms with Gasteiger partial charge in [0.05, 0.1) is 0 Å². The number of hydrogen-bond acceptors (Lipinski definition) is 6. The highest BCUT2D eigenvalue weighted by molar-refractivity contribution is 4.86. The average Bonchev–Trinajstić information content (AvgIpc) is 1.88. The van der Waals surface area contributed by atoms with Crippen LogP contribution in [0.1, 0.15) is 6.92 Å². The van der Waals surface area contributed by atoms with Gasteiger partial charge in [-0.15, -0.1) is 0 Å². The van der Waals surface area contributed by atoms with Gasteiger partial charge >= 0.3 is 0 Å². The quantitative estimate of drug-likeness (QED) is 0.274. The number of nitroso groups, excluding NO2 is 2. The molecule has 0 spiro atoms. The van der Waals surface area contributed by atoms with E-state index in [9.17, 15) is 9.81 Å². The SMILES string of the molecule is CC(CN=O)(CN=O)N=NN. The standard InChI is InChI=1S/C4H9N5O2/c1-4(2-6-10,3-7-11)8-9-5/h2-3H2,1H3,(H2,5,8). The Balaban J connectivity index is 4.22. The van der Waals surface area contributed by atoms with E-state index in [0.717, 1.165) is 0 Å². The van der Waals surface area contributed by atoms with Crippen molar-refractivity contribution in [3.63, 3.8) is 0 Å². The summed E-state index contributed by atoms with van der Waals surface area (Å²) < 4.78 is 0. The fourth-order valence-corrected chi connectivity index (χ4v) is 0.531. The topological polar surface area (TPSA) is 110 Å². The van der Waals surface area contributed by atoms with Gasteiger partial charge in [-0.3, -0.25) is 0 Å². The molecular formula is C4H9N5O2. The summed E-state index contributed by atoms with van der Waals surface area (Å²) in [6.07, 6.45) is 0. The molecule has 0 aliphatic carbocycles. The van der Waals surface area contributed by atoms with E-state index >= 15 is 0 Å². The fraction of sp³-hybridized carbons (Fsp3) is 1.00. The van der Waals surface area contributed by atoms with E-state index < -0.39 is 5.54 Å². The first-order valence-corrected chi connectivity index (χ1v) is 2.89. The first kappa shape index (κ1) is 9.60. The van der Waals surface area contributed by atoms with Crippen LogP contribution in [0.4, 0.5) is 0 Å². The monoisotopic (exact) mass is 159 g/mol. The van der Waals surface area contributed by atoms with Gasteiger partial charge < -0.3 is 5.84 Å². The molecule has 0 bridgehead atoms. The molecule has 0 atom stereocenters. The minimum Gasteiger partial charge on any atom is -0.305 e. The predicted molar refractivity (Wildman–Crippen MR) is 38.8 cm³/mol. The normalized spacial score (nSPS) is 11.7. The van der Waals surface area contributed by atoms with E-state index in [1.807, 2.05) is 0 Å². The van der Waals surface area contributed by atoms with Crippen molar-refractivity contribution in [2.45, 2.75) is 12.5 Å². The first-order valence-electron chi connectivity index (χ1n) is 2.89. The summed E-state index contributed by atoms with van der Waals surface area (Å²) in [6, 6.07) is 0. The van der Waals surface area contributed by atoms with Gasteiger partial charge in [0.1, 0.15) is 18.6 Å². The Labute approximate surface area is 63.0 Å². The van der Waals surface area contributed by atoms with Gasteiger partial charge in [-0.1, -0.05) is 15.6 Å². The van der Waals surface area contributed by atoms with Crippen molar-refractivity contribution < 1.29 is 0 Å². The van der Waals surface area contributed by atoms with Crippen LogP contribution in [-0.2, 0) is 0 Å². The van der Waals surface area contributed by atoms with Crippen molar-refractivity contribution in [2.24, 2.45) is 26.5 Å². The number of rotatable bonds is 5. The van der Waals surface area contributed by atoms with Crippen molar-refractivity contribution in [3.8, 4) is 0 Å². The van der Waals surface area contributed by atoms with E-state index in [0.29, 0.717) is 0 Å². The highest BCUT2D eigenvalue weighted by Gasteiger charge is 2.25. The third-order valence-corrected chi connectivity index (χ3v) is 1.11. The molecule has 0 aliphatic rings. The lowest BCUT2D eigenvalue weighted by molar-refractivity contribution is 0.465. The maximum atomic E-state index is 9.83. The third-order valence-electron chi connectivity index (χ3n) is 1.11. The van der Waals surface area contributed by atoms with Gasteiger partial charge in [-0.25, -0.2) is 0 Å². The summed E-state index contributed by atoms with van der Waals surface area (Å²) in [5.41, 5.74) is -0.974. The van der Waals surface area contributed by atoms with E-state index in [1.54, 1.807) is 0 Å². The van der Waals surface area contributed by atoms with Gasteiger partial charge in [-0.05, 0) is 6.92 Å². The molecule has 0 fully saturated rings. The molecule has 0 unspecified atom stereocenters. The highest BCUT2D eigenvalue weighted by atomic mass is 16.3. The van der Waals surface area contributed by atoms with E-state index in [4.69, 9.17) is 5.84 Å². The summed E-state index contributed by atoms with van der Waals surface area (Å²) in [4.78, 5) is 19.7. The molecule has 0 aromatic heterocycles. The van der Waals surface area contributed by atoms with Crippen molar-refractivity contribution >= 4 is 0 Å². The van der Waals surface area contributed by atoms with Crippen LogP contribution in [-0.4, -0.2) is 18.6 Å². The molecule has 0 saturated carbocycles. The smallest absolute Gasteiger partial charge is 0.127 e. The van der Waals surface area contributed by atoms with Crippen molar-refractivity contribution in [3.05, 3.63) is 9.81 Å². The van der Waals surface area contributed by atoms with Crippen LogP contribution < -0.4 is 5.84 Å². The molecule has 7 heteroatoms. The Morgan fingerprint density at radius 2 is 1.73 bits per heavy atom.